The highest BCUT2D eigenvalue weighted by Gasteiger charge is 2.23. The Morgan fingerprint density at radius 1 is 1.16 bits per heavy atom. The molecule has 1 aliphatic rings. The normalized spacial score (nSPS) is 14.8. The smallest absolute Gasteiger partial charge is 0.237 e. The van der Waals surface area contributed by atoms with Gasteiger partial charge in [-0.25, -0.2) is 0 Å². The predicted molar refractivity (Wildman–Crippen MR) is 99.8 cm³/mol. The number of amides is 1. The molecule has 1 amide bonds. The van der Waals surface area contributed by atoms with Crippen molar-refractivity contribution >= 4 is 29.9 Å². The predicted octanol–water partition coefficient (Wildman–Crippen LogP) is 3.09. The van der Waals surface area contributed by atoms with Crippen molar-refractivity contribution < 1.29 is 14.3 Å². The van der Waals surface area contributed by atoms with E-state index in [4.69, 9.17) is 26.8 Å². The first-order valence-electron chi connectivity index (χ1n) is 7.76. The van der Waals surface area contributed by atoms with Crippen molar-refractivity contribution in [2.75, 3.05) is 13.2 Å². The fourth-order valence-electron chi connectivity index (χ4n) is 2.56. The van der Waals surface area contributed by atoms with Crippen LogP contribution in [0.25, 0.3) is 0 Å². The van der Waals surface area contributed by atoms with Crippen LogP contribution >= 0.6 is 24.0 Å². The molecule has 25 heavy (non-hydrogen) atoms. The van der Waals surface area contributed by atoms with E-state index in [9.17, 15) is 4.79 Å². The van der Waals surface area contributed by atoms with Gasteiger partial charge in [0.15, 0.2) is 11.5 Å². The van der Waals surface area contributed by atoms with Gasteiger partial charge in [0, 0.05) is 5.02 Å². The number of ether oxygens (including phenoxy) is 2. The maximum Gasteiger partial charge on any atom is 0.237 e. The van der Waals surface area contributed by atoms with Gasteiger partial charge in [0.2, 0.25) is 5.91 Å². The summed E-state index contributed by atoms with van der Waals surface area (Å²) in [5.41, 5.74) is 7.34. The minimum atomic E-state index is -0.618. The van der Waals surface area contributed by atoms with Crippen LogP contribution in [0.5, 0.6) is 11.5 Å². The summed E-state index contributed by atoms with van der Waals surface area (Å²) in [5, 5.41) is 3.52. The highest BCUT2D eigenvalue weighted by Crippen LogP contribution is 2.35. The lowest BCUT2D eigenvalue weighted by atomic mass is 9.97. The van der Waals surface area contributed by atoms with Crippen molar-refractivity contribution in [3.63, 3.8) is 0 Å². The third-order valence-electron chi connectivity index (χ3n) is 3.82. The number of benzene rings is 2. The molecule has 7 heteroatoms. The second-order valence-corrected chi connectivity index (χ2v) is 6.06. The molecule has 3 N–H and O–H groups in total. The Balaban J connectivity index is 0.00000225. The Morgan fingerprint density at radius 3 is 2.52 bits per heavy atom. The molecule has 0 bridgehead atoms. The molecule has 134 valence electrons. The number of fused-ring (bicyclic) bond motifs is 1. The van der Waals surface area contributed by atoms with Gasteiger partial charge in [-0.3, -0.25) is 4.79 Å². The van der Waals surface area contributed by atoms with E-state index in [0.717, 1.165) is 11.1 Å². The maximum absolute atomic E-state index is 12.2. The minimum absolute atomic E-state index is 0. The van der Waals surface area contributed by atoms with E-state index in [0.29, 0.717) is 29.7 Å². The SMILES string of the molecule is C[C@@H](N)C(=O)NC(c1ccc2c(c1)OCCO2)c1ccccc1Cl.Cl. The van der Waals surface area contributed by atoms with Gasteiger partial charge in [0.25, 0.3) is 0 Å². The number of nitrogens with two attached hydrogens (primary N) is 1. The average molecular weight is 383 g/mol. The molecule has 0 fully saturated rings. The molecule has 0 saturated heterocycles. The van der Waals surface area contributed by atoms with E-state index in [1.165, 1.54) is 0 Å². The molecule has 0 spiro atoms. The third kappa shape index (κ3) is 4.37. The molecular formula is C18H20Cl2N2O3. The van der Waals surface area contributed by atoms with Crippen LogP contribution < -0.4 is 20.5 Å². The van der Waals surface area contributed by atoms with Crippen molar-refractivity contribution in [1.82, 2.24) is 5.32 Å². The van der Waals surface area contributed by atoms with Crippen LogP contribution in [0.2, 0.25) is 5.02 Å². The van der Waals surface area contributed by atoms with Gasteiger partial charge in [0.05, 0.1) is 12.1 Å². The molecule has 0 aromatic heterocycles. The molecule has 2 aromatic carbocycles. The Hall–Kier alpha value is -1.95. The summed E-state index contributed by atoms with van der Waals surface area (Å²) >= 11 is 6.34. The highest BCUT2D eigenvalue weighted by atomic mass is 35.5. The van der Waals surface area contributed by atoms with E-state index in [-0.39, 0.29) is 18.3 Å². The first kappa shape index (κ1) is 19.4. The summed E-state index contributed by atoms with van der Waals surface area (Å²) in [6, 6.07) is 12.0. The minimum Gasteiger partial charge on any atom is -0.486 e. The monoisotopic (exact) mass is 382 g/mol. The number of nitrogens with one attached hydrogen (secondary N) is 1. The molecule has 1 unspecified atom stereocenters. The summed E-state index contributed by atoms with van der Waals surface area (Å²) in [6.45, 7) is 2.67. The molecule has 0 saturated carbocycles. The van der Waals surface area contributed by atoms with Crippen molar-refractivity contribution in [3.8, 4) is 11.5 Å². The van der Waals surface area contributed by atoms with Gasteiger partial charge < -0.3 is 20.5 Å². The van der Waals surface area contributed by atoms with Crippen LogP contribution in [0.4, 0.5) is 0 Å². The van der Waals surface area contributed by atoms with E-state index in [1.54, 1.807) is 13.0 Å². The Bertz CT molecular complexity index is 753. The number of rotatable bonds is 4. The maximum atomic E-state index is 12.2. The highest BCUT2D eigenvalue weighted by molar-refractivity contribution is 6.31. The molecule has 0 radical (unpaired) electrons. The largest absolute Gasteiger partial charge is 0.486 e. The Kier molecular flexibility index (Phi) is 6.53. The van der Waals surface area contributed by atoms with Gasteiger partial charge in [-0.1, -0.05) is 35.9 Å². The zero-order valence-corrected chi connectivity index (χ0v) is 15.3. The van der Waals surface area contributed by atoms with Crippen LogP contribution in [0.1, 0.15) is 24.1 Å². The zero-order valence-electron chi connectivity index (χ0n) is 13.7. The fraction of sp³-hybridized carbons (Fsp3) is 0.278. The molecule has 2 atom stereocenters. The summed E-state index contributed by atoms with van der Waals surface area (Å²) < 4.78 is 11.2. The Morgan fingerprint density at radius 2 is 1.84 bits per heavy atom. The topological polar surface area (TPSA) is 73.6 Å². The van der Waals surface area contributed by atoms with Crippen LogP contribution in [-0.2, 0) is 4.79 Å². The summed E-state index contributed by atoms with van der Waals surface area (Å²) in [7, 11) is 0. The number of hydrogen-bond donors (Lipinski definition) is 2. The second kappa shape index (κ2) is 8.43. The molecule has 5 nitrogen and oxygen atoms in total. The standard InChI is InChI=1S/C18H19ClN2O3.ClH/c1-11(20)18(22)21-17(13-4-2-3-5-14(13)19)12-6-7-15-16(10-12)24-9-8-23-15;/h2-7,10-11,17H,8-9,20H2,1H3,(H,21,22);1H/t11-,17?;/m1./s1. The number of carbonyl (C=O) groups excluding carboxylic acids is 1. The zero-order chi connectivity index (χ0) is 17.1. The molecule has 1 aliphatic heterocycles. The molecule has 3 rings (SSSR count). The van der Waals surface area contributed by atoms with Gasteiger partial charge in [-0.2, -0.15) is 0 Å². The van der Waals surface area contributed by atoms with Gasteiger partial charge in [-0.05, 0) is 36.2 Å². The fourth-order valence-corrected chi connectivity index (χ4v) is 2.81. The first-order valence-corrected chi connectivity index (χ1v) is 8.14. The number of halogens is 2. The summed E-state index contributed by atoms with van der Waals surface area (Å²) in [5.74, 6) is 1.10. The van der Waals surface area contributed by atoms with Crippen LogP contribution in [0.3, 0.4) is 0 Å². The number of hydrogen-bond acceptors (Lipinski definition) is 4. The summed E-state index contributed by atoms with van der Waals surface area (Å²) in [4.78, 5) is 12.2. The van der Waals surface area contributed by atoms with Crippen LogP contribution in [-0.4, -0.2) is 25.2 Å². The average Bonchev–Trinajstić information content (AvgIpc) is 2.59. The van der Waals surface area contributed by atoms with E-state index in [1.807, 2.05) is 36.4 Å². The van der Waals surface area contributed by atoms with Gasteiger partial charge in [0.1, 0.15) is 13.2 Å². The second-order valence-electron chi connectivity index (χ2n) is 5.65. The third-order valence-corrected chi connectivity index (χ3v) is 4.16. The Labute approximate surface area is 157 Å². The lowest BCUT2D eigenvalue weighted by Crippen LogP contribution is -2.40. The van der Waals surface area contributed by atoms with Crippen LogP contribution in [0, 0.1) is 0 Å². The van der Waals surface area contributed by atoms with Gasteiger partial charge in [-0.15, -0.1) is 12.4 Å². The van der Waals surface area contributed by atoms with Gasteiger partial charge >= 0.3 is 0 Å². The van der Waals surface area contributed by atoms with E-state index < -0.39 is 12.1 Å². The van der Waals surface area contributed by atoms with Crippen molar-refractivity contribution in [1.29, 1.82) is 0 Å². The molecule has 2 aromatic rings. The lowest BCUT2D eigenvalue weighted by Gasteiger charge is -2.24. The quantitative estimate of drug-likeness (QED) is 0.851. The van der Waals surface area contributed by atoms with E-state index in [2.05, 4.69) is 5.32 Å². The molecular weight excluding hydrogens is 363 g/mol. The molecule has 0 aliphatic carbocycles. The number of carbonyl (C=O) groups is 1. The lowest BCUT2D eigenvalue weighted by molar-refractivity contribution is -0.122. The molecule has 1 heterocycles. The van der Waals surface area contributed by atoms with E-state index >= 15 is 0 Å². The first-order chi connectivity index (χ1) is 11.6. The van der Waals surface area contributed by atoms with Crippen molar-refractivity contribution in [2.45, 2.75) is 19.0 Å². The summed E-state index contributed by atoms with van der Waals surface area (Å²) in [6.07, 6.45) is 0. The van der Waals surface area contributed by atoms with Crippen molar-refractivity contribution in [2.24, 2.45) is 5.73 Å². The van der Waals surface area contributed by atoms with Crippen molar-refractivity contribution in [3.05, 3.63) is 58.6 Å². The van der Waals surface area contributed by atoms with Crippen LogP contribution in [0.15, 0.2) is 42.5 Å².